The van der Waals surface area contributed by atoms with Crippen LogP contribution < -0.4 is 0 Å². The third kappa shape index (κ3) is 4.20. The molecule has 2 rings (SSSR count). The average Bonchev–Trinajstić information content (AvgIpc) is 2.51. The predicted molar refractivity (Wildman–Crippen MR) is 84.5 cm³/mol. The summed E-state index contributed by atoms with van der Waals surface area (Å²) in [6.45, 7) is 5.47. The van der Waals surface area contributed by atoms with Crippen LogP contribution in [0.15, 0.2) is 72.2 Å². The number of aliphatic hydroxyl groups is 1. The van der Waals surface area contributed by atoms with Crippen molar-refractivity contribution in [1.82, 2.24) is 0 Å². The van der Waals surface area contributed by atoms with Crippen molar-refractivity contribution in [3.8, 4) is 0 Å². The standard InChI is InChI=1S/C18H18O4/c1-3-21-18(20)13(2)22-16-10-9-15(17(19)12-16)11-14-7-5-4-6-8-14/h4-12,17,19H,2-3H2,1H3. The first-order valence-corrected chi connectivity index (χ1v) is 6.98. The molecule has 0 aliphatic heterocycles. The first kappa shape index (κ1) is 15.8. The van der Waals surface area contributed by atoms with Gasteiger partial charge in [0, 0.05) is 0 Å². The van der Waals surface area contributed by atoms with E-state index in [1.54, 1.807) is 19.1 Å². The summed E-state index contributed by atoms with van der Waals surface area (Å²) in [5.74, 6) is -0.367. The van der Waals surface area contributed by atoms with Crippen LogP contribution in [0.5, 0.6) is 0 Å². The van der Waals surface area contributed by atoms with E-state index >= 15 is 0 Å². The zero-order valence-corrected chi connectivity index (χ0v) is 12.4. The molecule has 114 valence electrons. The molecule has 1 aliphatic rings. The predicted octanol–water partition coefficient (Wildman–Crippen LogP) is 2.98. The number of benzene rings is 1. The highest BCUT2D eigenvalue weighted by molar-refractivity contribution is 5.85. The third-order valence-electron chi connectivity index (χ3n) is 2.98. The summed E-state index contributed by atoms with van der Waals surface area (Å²) in [4.78, 5) is 11.4. The Morgan fingerprint density at radius 2 is 2.05 bits per heavy atom. The fourth-order valence-electron chi connectivity index (χ4n) is 1.92. The summed E-state index contributed by atoms with van der Waals surface area (Å²) in [6, 6.07) is 9.69. The molecule has 0 heterocycles. The van der Waals surface area contributed by atoms with E-state index in [9.17, 15) is 9.90 Å². The van der Waals surface area contributed by atoms with Gasteiger partial charge in [-0.05, 0) is 42.9 Å². The maximum Gasteiger partial charge on any atom is 0.373 e. The molecule has 22 heavy (non-hydrogen) atoms. The summed E-state index contributed by atoms with van der Waals surface area (Å²) in [6.07, 6.45) is 6.00. The molecular weight excluding hydrogens is 280 g/mol. The highest BCUT2D eigenvalue weighted by atomic mass is 16.6. The van der Waals surface area contributed by atoms with Crippen molar-refractivity contribution in [2.45, 2.75) is 13.0 Å². The molecule has 0 bridgehead atoms. The van der Waals surface area contributed by atoms with Gasteiger partial charge in [0.15, 0.2) is 0 Å². The van der Waals surface area contributed by atoms with Gasteiger partial charge in [0.05, 0.1) is 6.61 Å². The van der Waals surface area contributed by atoms with Crippen LogP contribution in [0.1, 0.15) is 12.5 Å². The summed E-state index contributed by atoms with van der Waals surface area (Å²) < 4.78 is 10.1. The van der Waals surface area contributed by atoms with Gasteiger partial charge in [-0.3, -0.25) is 0 Å². The number of carbonyl (C=O) groups excluding carboxylic acids is 1. The minimum atomic E-state index is -0.810. The summed E-state index contributed by atoms with van der Waals surface area (Å²) >= 11 is 0. The zero-order valence-electron chi connectivity index (χ0n) is 12.4. The van der Waals surface area contributed by atoms with E-state index in [4.69, 9.17) is 9.47 Å². The fourth-order valence-corrected chi connectivity index (χ4v) is 1.92. The largest absolute Gasteiger partial charge is 0.460 e. The number of esters is 1. The van der Waals surface area contributed by atoms with E-state index in [0.717, 1.165) is 11.1 Å². The lowest BCUT2D eigenvalue weighted by atomic mass is 10.0. The van der Waals surface area contributed by atoms with E-state index < -0.39 is 12.1 Å². The second-order valence-corrected chi connectivity index (χ2v) is 4.65. The van der Waals surface area contributed by atoms with Gasteiger partial charge in [-0.1, -0.05) is 36.4 Å². The molecule has 0 radical (unpaired) electrons. The number of hydrogen-bond acceptors (Lipinski definition) is 4. The molecule has 0 saturated carbocycles. The fraction of sp³-hybridized carbons (Fsp3) is 0.167. The zero-order chi connectivity index (χ0) is 15.9. The van der Waals surface area contributed by atoms with Gasteiger partial charge in [-0.15, -0.1) is 0 Å². The van der Waals surface area contributed by atoms with Crippen LogP contribution in [-0.2, 0) is 14.3 Å². The monoisotopic (exact) mass is 298 g/mol. The second-order valence-electron chi connectivity index (χ2n) is 4.65. The van der Waals surface area contributed by atoms with Crippen molar-refractivity contribution in [3.05, 3.63) is 77.8 Å². The topological polar surface area (TPSA) is 55.8 Å². The van der Waals surface area contributed by atoms with Crippen LogP contribution >= 0.6 is 0 Å². The Morgan fingerprint density at radius 1 is 1.32 bits per heavy atom. The molecule has 4 nitrogen and oxygen atoms in total. The Morgan fingerprint density at radius 3 is 2.68 bits per heavy atom. The molecule has 0 aromatic heterocycles. The van der Waals surface area contributed by atoms with Crippen LogP contribution in [0.25, 0.3) is 6.08 Å². The van der Waals surface area contributed by atoms with Crippen molar-refractivity contribution < 1.29 is 19.4 Å². The minimum absolute atomic E-state index is 0.111. The van der Waals surface area contributed by atoms with Crippen LogP contribution in [0.2, 0.25) is 0 Å². The Balaban J connectivity index is 2.04. The molecule has 0 amide bonds. The molecule has 0 spiro atoms. The van der Waals surface area contributed by atoms with Gasteiger partial charge >= 0.3 is 5.97 Å². The van der Waals surface area contributed by atoms with Gasteiger partial charge in [-0.25, -0.2) is 4.79 Å². The van der Waals surface area contributed by atoms with Crippen molar-refractivity contribution >= 4 is 12.0 Å². The Hall–Kier alpha value is -2.59. The van der Waals surface area contributed by atoms with Gasteiger partial charge in [-0.2, -0.15) is 0 Å². The smallest absolute Gasteiger partial charge is 0.373 e. The van der Waals surface area contributed by atoms with E-state index in [1.807, 2.05) is 36.4 Å². The summed E-state index contributed by atoms with van der Waals surface area (Å²) in [7, 11) is 0. The Labute approximate surface area is 129 Å². The summed E-state index contributed by atoms with van der Waals surface area (Å²) in [5, 5.41) is 10.1. The van der Waals surface area contributed by atoms with Gasteiger partial charge in [0.25, 0.3) is 0 Å². The van der Waals surface area contributed by atoms with E-state index in [0.29, 0.717) is 5.76 Å². The molecular formula is C18H18O4. The number of allylic oxidation sites excluding steroid dienone is 1. The molecule has 0 saturated heterocycles. The molecule has 4 heteroatoms. The minimum Gasteiger partial charge on any atom is -0.460 e. The number of ether oxygens (including phenoxy) is 2. The van der Waals surface area contributed by atoms with Crippen LogP contribution in [0.4, 0.5) is 0 Å². The van der Waals surface area contributed by atoms with Crippen LogP contribution in [0.3, 0.4) is 0 Å². The van der Waals surface area contributed by atoms with Crippen molar-refractivity contribution in [1.29, 1.82) is 0 Å². The van der Waals surface area contributed by atoms with Gasteiger partial charge in [0.2, 0.25) is 5.76 Å². The lowest BCUT2D eigenvalue weighted by molar-refractivity contribution is -0.141. The van der Waals surface area contributed by atoms with Crippen molar-refractivity contribution in [3.63, 3.8) is 0 Å². The lowest BCUT2D eigenvalue weighted by Crippen LogP contribution is -2.13. The van der Waals surface area contributed by atoms with Crippen LogP contribution in [-0.4, -0.2) is 23.8 Å². The molecule has 0 fully saturated rings. The molecule has 1 atom stereocenters. The van der Waals surface area contributed by atoms with Crippen LogP contribution in [0, 0.1) is 0 Å². The van der Waals surface area contributed by atoms with E-state index in [1.165, 1.54) is 6.08 Å². The van der Waals surface area contributed by atoms with E-state index in [2.05, 4.69) is 6.58 Å². The Bertz CT molecular complexity index is 638. The second kappa shape index (κ2) is 7.43. The maximum atomic E-state index is 11.4. The quantitative estimate of drug-likeness (QED) is 0.516. The molecule has 1 aliphatic carbocycles. The number of hydrogen-bond donors (Lipinski definition) is 1. The number of aliphatic hydroxyl groups excluding tert-OH is 1. The molecule has 1 unspecified atom stereocenters. The Kier molecular flexibility index (Phi) is 5.33. The van der Waals surface area contributed by atoms with Crippen molar-refractivity contribution in [2.75, 3.05) is 6.61 Å². The number of carbonyl (C=O) groups is 1. The van der Waals surface area contributed by atoms with Gasteiger partial charge in [0.1, 0.15) is 11.9 Å². The third-order valence-corrected chi connectivity index (χ3v) is 2.98. The average molecular weight is 298 g/mol. The first-order chi connectivity index (χ1) is 10.6. The van der Waals surface area contributed by atoms with E-state index in [-0.39, 0.29) is 12.4 Å². The lowest BCUT2D eigenvalue weighted by Gasteiger charge is -2.16. The normalized spacial score (nSPS) is 18.7. The van der Waals surface area contributed by atoms with Gasteiger partial charge < -0.3 is 14.6 Å². The molecule has 1 aromatic carbocycles. The SMILES string of the molecule is C=C(OC1=CC(O)C(=Cc2ccccc2)C=C1)C(=O)OCC. The summed E-state index contributed by atoms with van der Waals surface area (Å²) in [5.41, 5.74) is 1.73. The highest BCUT2D eigenvalue weighted by Crippen LogP contribution is 2.21. The number of rotatable bonds is 5. The maximum absolute atomic E-state index is 11.4. The highest BCUT2D eigenvalue weighted by Gasteiger charge is 2.16. The molecule has 1 N–H and O–H groups in total. The van der Waals surface area contributed by atoms with Crippen molar-refractivity contribution in [2.24, 2.45) is 0 Å². The first-order valence-electron chi connectivity index (χ1n) is 6.98. The molecule has 1 aromatic rings.